The second-order valence-electron chi connectivity index (χ2n) is 4.93. The predicted octanol–water partition coefficient (Wildman–Crippen LogP) is 3.60. The van der Waals surface area contributed by atoms with Gasteiger partial charge in [-0.15, -0.1) is 0 Å². The van der Waals surface area contributed by atoms with Gasteiger partial charge in [-0.3, -0.25) is 0 Å². The fourth-order valence-corrected chi connectivity index (χ4v) is 2.76. The van der Waals surface area contributed by atoms with Crippen molar-refractivity contribution in [2.24, 2.45) is 5.92 Å². The van der Waals surface area contributed by atoms with E-state index in [1.165, 1.54) is 41.4 Å². The molecule has 1 aliphatic carbocycles. The highest BCUT2D eigenvalue weighted by atomic mass is 14.7. The van der Waals surface area contributed by atoms with E-state index >= 15 is 0 Å². The highest BCUT2D eigenvalue weighted by molar-refractivity contribution is 5.87. The number of aromatic amines is 1. The van der Waals surface area contributed by atoms with Crippen LogP contribution in [-0.2, 0) is 12.8 Å². The molecular formula is C14H17N. The summed E-state index contributed by atoms with van der Waals surface area (Å²) in [5.41, 5.74) is 5.79. The zero-order valence-corrected chi connectivity index (χ0v) is 9.43. The zero-order chi connectivity index (χ0) is 10.4. The third kappa shape index (κ3) is 1.30. The standard InChI is InChI=1S/C14H17N/c1-9-6-7-13-12(8-9)11-5-3-4-10(2)14(11)15-13/h3-5,9,15H,6-8H2,1-2H3. The van der Waals surface area contributed by atoms with E-state index in [1.807, 2.05) is 0 Å². The SMILES string of the molecule is Cc1cccc2c3c([nH]c12)CCC(C)C3. The van der Waals surface area contributed by atoms with Gasteiger partial charge in [0, 0.05) is 16.6 Å². The predicted molar refractivity (Wildman–Crippen MR) is 64.2 cm³/mol. The lowest BCUT2D eigenvalue weighted by Crippen LogP contribution is -2.09. The van der Waals surface area contributed by atoms with Gasteiger partial charge in [0.25, 0.3) is 0 Å². The van der Waals surface area contributed by atoms with E-state index in [4.69, 9.17) is 0 Å². The molecule has 1 heteroatoms. The number of benzene rings is 1. The maximum atomic E-state index is 3.60. The van der Waals surface area contributed by atoms with Crippen LogP contribution in [0.4, 0.5) is 0 Å². The molecule has 0 spiro atoms. The number of hydrogen-bond donors (Lipinski definition) is 1. The lowest BCUT2D eigenvalue weighted by molar-refractivity contribution is 0.499. The van der Waals surface area contributed by atoms with Crippen molar-refractivity contribution in [1.29, 1.82) is 0 Å². The number of H-pyrrole nitrogens is 1. The lowest BCUT2D eigenvalue weighted by atomic mass is 9.88. The Kier molecular flexibility index (Phi) is 1.88. The van der Waals surface area contributed by atoms with Gasteiger partial charge in [-0.05, 0) is 43.2 Å². The molecule has 0 fully saturated rings. The van der Waals surface area contributed by atoms with Crippen molar-refractivity contribution in [1.82, 2.24) is 4.98 Å². The molecule has 1 aromatic heterocycles. The molecule has 0 amide bonds. The third-order valence-corrected chi connectivity index (χ3v) is 3.68. The van der Waals surface area contributed by atoms with E-state index in [9.17, 15) is 0 Å². The quantitative estimate of drug-likeness (QED) is 0.667. The van der Waals surface area contributed by atoms with Crippen LogP contribution in [0.3, 0.4) is 0 Å². The summed E-state index contributed by atoms with van der Waals surface area (Å²) in [6, 6.07) is 6.62. The van der Waals surface area contributed by atoms with Crippen LogP contribution in [0.2, 0.25) is 0 Å². The Morgan fingerprint density at radius 1 is 1.33 bits per heavy atom. The van der Waals surface area contributed by atoms with Crippen LogP contribution < -0.4 is 0 Å². The fraction of sp³-hybridized carbons (Fsp3) is 0.429. The molecule has 15 heavy (non-hydrogen) atoms. The summed E-state index contributed by atoms with van der Waals surface area (Å²) >= 11 is 0. The lowest BCUT2D eigenvalue weighted by Gasteiger charge is -2.17. The third-order valence-electron chi connectivity index (χ3n) is 3.68. The molecule has 0 bridgehead atoms. The van der Waals surface area contributed by atoms with Crippen LogP contribution in [0.1, 0.15) is 30.2 Å². The summed E-state index contributed by atoms with van der Waals surface area (Å²) in [4.78, 5) is 3.60. The Balaban J connectivity index is 2.29. The van der Waals surface area contributed by atoms with E-state index in [0.717, 1.165) is 5.92 Å². The first-order valence-electron chi connectivity index (χ1n) is 5.84. The monoisotopic (exact) mass is 199 g/mol. The summed E-state index contributed by atoms with van der Waals surface area (Å²) in [7, 11) is 0. The van der Waals surface area contributed by atoms with Crippen molar-refractivity contribution in [2.45, 2.75) is 33.1 Å². The van der Waals surface area contributed by atoms with Crippen molar-refractivity contribution >= 4 is 10.9 Å². The molecule has 0 radical (unpaired) electrons. The second kappa shape index (κ2) is 3.13. The van der Waals surface area contributed by atoms with E-state index < -0.39 is 0 Å². The van der Waals surface area contributed by atoms with E-state index in [-0.39, 0.29) is 0 Å². The molecule has 1 N–H and O–H groups in total. The number of rotatable bonds is 0. The molecule has 1 aliphatic rings. The minimum atomic E-state index is 0.844. The Bertz CT molecular complexity index is 507. The molecule has 3 rings (SSSR count). The van der Waals surface area contributed by atoms with Gasteiger partial charge in [0.05, 0.1) is 0 Å². The Morgan fingerprint density at radius 2 is 2.20 bits per heavy atom. The molecule has 0 aliphatic heterocycles. The minimum Gasteiger partial charge on any atom is -0.358 e. The number of fused-ring (bicyclic) bond motifs is 3. The van der Waals surface area contributed by atoms with Crippen molar-refractivity contribution in [3.8, 4) is 0 Å². The van der Waals surface area contributed by atoms with Crippen LogP contribution in [0.5, 0.6) is 0 Å². The highest BCUT2D eigenvalue weighted by Crippen LogP contribution is 2.32. The molecule has 2 aromatic rings. The van der Waals surface area contributed by atoms with Crippen molar-refractivity contribution < 1.29 is 0 Å². The zero-order valence-electron chi connectivity index (χ0n) is 9.43. The first-order valence-corrected chi connectivity index (χ1v) is 5.84. The molecular weight excluding hydrogens is 182 g/mol. The molecule has 1 unspecified atom stereocenters. The highest BCUT2D eigenvalue weighted by Gasteiger charge is 2.19. The first kappa shape index (κ1) is 9.02. The van der Waals surface area contributed by atoms with Gasteiger partial charge in [-0.25, -0.2) is 0 Å². The molecule has 0 saturated carbocycles. The number of nitrogens with one attached hydrogen (secondary N) is 1. The second-order valence-corrected chi connectivity index (χ2v) is 4.93. The summed E-state index contributed by atoms with van der Waals surface area (Å²) < 4.78 is 0. The molecule has 1 aromatic carbocycles. The van der Waals surface area contributed by atoms with Gasteiger partial charge in [0.1, 0.15) is 0 Å². The summed E-state index contributed by atoms with van der Waals surface area (Å²) in [5, 5.41) is 1.46. The van der Waals surface area contributed by atoms with Gasteiger partial charge in [0.15, 0.2) is 0 Å². The van der Waals surface area contributed by atoms with Gasteiger partial charge < -0.3 is 4.98 Å². The molecule has 78 valence electrons. The van der Waals surface area contributed by atoms with Gasteiger partial charge in [0.2, 0.25) is 0 Å². The van der Waals surface area contributed by atoms with Gasteiger partial charge in [-0.2, -0.15) is 0 Å². The maximum Gasteiger partial charge on any atom is 0.0488 e. The number of hydrogen-bond acceptors (Lipinski definition) is 0. The minimum absolute atomic E-state index is 0.844. The van der Waals surface area contributed by atoms with E-state index in [0.29, 0.717) is 0 Å². The topological polar surface area (TPSA) is 15.8 Å². The van der Waals surface area contributed by atoms with Crippen molar-refractivity contribution in [2.75, 3.05) is 0 Å². The molecule has 0 saturated heterocycles. The molecule has 1 atom stereocenters. The normalized spacial score (nSPS) is 20.5. The Labute approximate surface area is 90.5 Å². The summed E-state index contributed by atoms with van der Waals surface area (Å²) in [5.74, 6) is 0.844. The Hall–Kier alpha value is -1.24. The van der Waals surface area contributed by atoms with Crippen LogP contribution in [0, 0.1) is 12.8 Å². The van der Waals surface area contributed by atoms with Crippen LogP contribution >= 0.6 is 0 Å². The van der Waals surface area contributed by atoms with E-state index in [2.05, 4.69) is 37.0 Å². The fourth-order valence-electron chi connectivity index (χ4n) is 2.76. The average Bonchev–Trinajstić information content (AvgIpc) is 2.58. The number of aryl methyl sites for hydroxylation is 2. The van der Waals surface area contributed by atoms with E-state index in [1.54, 1.807) is 5.56 Å². The van der Waals surface area contributed by atoms with Gasteiger partial charge in [-0.1, -0.05) is 25.1 Å². The largest absolute Gasteiger partial charge is 0.358 e. The first-order chi connectivity index (χ1) is 7.25. The number of aromatic nitrogens is 1. The number of para-hydroxylation sites is 1. The average molecular weight is 199 g/mol. The van der Waals surface area contributed by atoms with Crippen molar-refractivity contribution in [3.05, 3.63) is 35.0 Å². The summed E-state index contributed by atoms with van der Waals surface area (Å²) in [6.45, 7) is 4.55. The maximum absolute atomic E-state index is 3.60. The Morgan fingerprint density at radius 3 is 3.07 bits per heavy atom. The molecule has 1 nitrogen and oxygen atoms in total. The van der Waals surface area contributed by atoms with Crippen LogP contribution in [0.15, 0.2) is 18.2 Å². The molecule has 1 heterocycles. The smallest absolute Gasteiger partial charge is 0.0488 e. The summed E-state index contributed by atoms with van der Waals surface area (Å²) in [6.07, 6.45) is 3.81. The van der Waals surface area contributed by atoms with Crippen LogP contribution in [-0.4, -0.2) is 4.98 Å². The van der Waals surface area contributed by atoms with Crippen LogP contribution in [0.25, 0.3) is 10.9 Å². The van der Waals surface area contributed by atoms with Crippen molar-refractivity contribution in [3.63, 3.8) is 0 Å². The van der Waals surface area contributed by atoms with Gasteiger partial charge >= 0.3 is 0 Å².